The zero-order valence-electron chi connectivity index (χ0n) is 16.9. The SMILES string of the molecule is CC(C)(C)N1CCC(COc2ccccc2-c2cccc3c2[S+](F)CO3)CC1. The molecule has 0 aliphatic carbocycles. The van der Waals surface area contributed by atoms with Gasteiger partial charge in [0.15, 0.2) is 5.75 Å². The van der Waals surface area contributed by atoms with Gasteiger partial charge in [-0.1, -0.05) is 24.3 Å². The lowest BCUT2D eigenvalue weighted by Gasteiger charge is -2.40. The van der Waals surface area contributed by atoms with Gasteiger partial charge in [-0.15, -0.1) is 0 Å². The number of rotatable bonds is 4. The van der Waals surface area contributed by atoms with Gasteiger partial charge >= 0.3 is 0 Å². The normalized spacial score (nSPS) is 20.6. The summed E-state index contributed by atoms with van der Waals surface area (Å²) in [6, 6.07) is 13.7. The molecule has 0 aromatic heterocycles. The van der Waals surface area contributed by atoms with Crippen LogP contribution in [0.4, 0.5) is 3.89 Å². The van der Waals surface area contributed by atoms with Crippen molar-refractivity contribution in [1.29, 1.82) is 0 Å². The maximum absolute atomic E-state index is 14.5. The highest BCUT2D eigenvalue weighted by molar-refractivity contribution is 7.92. The first kappa shape index (κ1) is 19.6. The lowest BCUT2D eigenvalue weighted by Crippen LogP contribution is -2.46. The number of nitrogens with zero attached hydrogens (tertiary/aromatic N) is 1. The fraction of sp³-hybridized carbons (Fsp3) is 0.478. The number of ether oxygens (including phenoxy) is 2. The largest absolute Gasteiger partial charge is 0.493 e. The molecule has 3 nitrogen and oxygen atoms in total. The third kappa shape index (κ3) is 4.01. The fourth-order valence-electron chi connectivity index (χ4n) is 4.04. The average Bonchev–Trinajstić information content (AvgIpc) is 3.07. The zero-order chi connectivity index (χ0) is 19.7. The van der Waals surface area contributed by atoms with Crippen LogP contribution in [0.3, 0.4) is 0 Å². The number of likely N-dealkylation sites (tertiary alicyclic amines) is 1. The molecule has 2 heterocycles. The van der Waals surface area contributed by atoms with E-state index in [2.05, 4.69) is 25.7 Å². The lowest BCUT2D eigenvalue weighted by atomic mass is 9.93. The van der Waals surface area contributed by atoms with Crippen LogP contribution in [0.15, 0.2) is 47.4 Å². The minimum Gasteiger partial charge on any atom is -0.493 e. The monoisotopic (exact) mass is 402 g/mol. The molecule has 0 bridgehead atoms. The number of piperidine rings is 1. The highest BCUT2D eigenvalue weighted by Crippen LogP contribution is 2.43. The van der Waals surface area contributed by atoms with Crippen molar-refractivity contribution in [3.05, 3.63) is 42.5 Å². The molecule has 150 valence electrons. The molecule has 0 spiro atoms. The van der Waals surface area contributed by atoms with Gasteiger partial charge in [0.1, 0.15) is 5.75 Å². The third-order valence-corrected chi connectivity index (χ3v) is 6.92. The maximum atomic E-state index is 14.5. The molecule has 5 heteroatoms. The first-order chi connectivity index (χ1) is 13.4. The number of hydrogen-bond acceptors (Lipinski definition) is 3. The molecular formula is C23H29FNO2S+. The Hall–Kier alpha value is -1.72. The lowest BCUT2D eigenvalue weighted by molar-refractivity contribution is 0.0721. The molecule has 1 atom stereocenters. The van der Waals surface area contributed by atoms with Gasteiger partial charge in [-0.05, 0) is 70.8 Å². The van der Waals surface area contributed by atoms with Gasteiger partial charge in [-0.25, -0.2) is 0 Å². The standard InChI is InChI=1S/C23H29FNO2S/c1-23(2,3)25-13-11-17(12-14-25)15-26-20-9-5-4-7-18(20)19-8-6-10-21-22(19)28(24)16-27-21/h4-10,17H,11-16H2,1-3H3/q+1. The molecule has 0 N–H and O–H groups in total. The second kappa shape index (κ2) is 7.96. The number of hydrogen-bond donors (Lipinski definition) is 0. The van der Waals surface area contributed by atoms with Crippen LogP contribution in [0.5, 0.6) is 11.5 Å². The predicted molar refractivity (Wildman–Crippen MR) is 114 cm³/mol. The minimum absolute atomic E-state index is 0.127. The Labute approximate surface area is 170 Å². The Kier molecular flexibility index (Phi) is 5.57. The number of fused-ring (bicyclic) bond motifs is 1. The summed E-state index contributed by atoms with van der Waals surface area (Å²) in [7, 11) is 0. The van der Waals surface area contributed by atoms with E-state index < -0.39 is 11.3 Å². The first-order valence-corrected chi connectivity index (χ1v) is 11.3. The van der Waals surface area contributed by atoms with Crippen molar-refractivity contribution < 1.29 is 13.4 Å². The van der Waals surface area contributed by atoms with Crippen LogP contribution in [0.1, 0.15) is 33.6 Å². The van der Waals surface area contributed by atoms with Crippen LogP contribution in [-0.4, -0.2) is 36.1 Å². The molecule has 2 aromatic carbocycles. The summed E-state index contributed by atoms with van der Waals surface area (Å²) < 4.78 is 26.2. The second-order valence-corrected chi connectivity index (χ2v) is 9.94. The summed E-state index contributed by atoms with van der Waals surface area (Å²) in [6.07, 6.45) is 2.31. The molecule has 0 radical (unpaired) electrons. The first-order valence-electron chi connectivity index (χ1n) is 10.0. The summed E-state index contributed by atoms with van der Waals surface area (Å²) in [4.78, 5) is 3.23. The zero-order valence-corrected chi connectivity index (χ0v) is 17.7. The molecule has 4 rings (SSSR count). The van der Waals surface area contributed by atoms with E-state index in [9.17, 15) is 3.89 Å². The van der Waals surface area contributed by atoms with Gasteiger partial charge in [-0.2, -0.15) is 0 Å². The topological polar surface area (TPSA) is 21.7 Å². The molecule has 2 aliphatic rings. The second-order valence-electron chi connectivity index (χ2n) is 8.63. The van der Waals surface area contributed by atoms with Crippen LogP contribution < -0.4 is 9.47 Å². The van der Waals surface area contributed by atoms with E-state index in [-0.39, 0.29) is 11.5 Å². The molecule has 1 fully saturated rings. The molecular weight excluding hydrogens is 373 g/mol. The van der Waals surface area contributed by atoms with E-state index in [4.69, 9.17) is 9.47 Å². The molecule has 28 heavy (non-hydrogen) atoms. The summed E-state index contributed by atoms with van der Waals surface area (Å²) in [6.45, 7) is 9.78. The smallest absolute Gasteiger partial charge is 0.291 e. The summed E-state index contributed by atoms with van der Waals surface area (Å²) in [5, 5.41) is 0. The Balaban J connectivity index is 1.48. The number of para-hydroxylation sites is 1. The van der Waals surface area contributed by atoms with Crippen LogP contribution in [-0.2, 0) is 11.3 Å². The van der Waals surface area contributed by atoms with Crippen LogP contribution >= 0.6 is 0 Å². The van der Waals surface area contributed by atoms with E-state index in [0.717, 1.165) is 42.8 Å². The fourth-order valence-corrected chi connectivity index (χ4v) is 5.15. The van der Waals surface area contributed by atoms with Crippen molar-refractivity contribution in [1.82, 2.24) is 4.90 Å². The number of benzene rings is 2. The summed E-state index contributed by atoms with van der Waals surface area (Å²) >= 11 is -1.37. The summed E-state index contributed by atoms with van der Waals surface area (Å²) in [5.74, 6) is 2.18. The maximum Gasteiger partial charge on any atom is 0.291 e. The van der Waals surface area contributed by atoms with Crippen molar-refractivity contribution >= 4 is 11.3 Å². The van der Waals surface area contributed by atoms with Gasteiger partial charge in [0.2, 0.25) is 0 Å². The van der Waals surface area contributed by atoms with Gasteiger partial charge in [0, 0.05) is 20.6 Å². The molecule has 2 aliphatic heterocycles. The Bertz CT molecular complexity index is 828. The van der Waals surface area contributed by atoms with Crippen LogP contribution in [0, 0.1) is 5.92 Å². The highest BCUT2D eigenvalue weighted by Gasteiger charge is 2.39. The van der Waals surface area contributed by atoms with E-state index in [1.165, 1.54) is 0 Å². The van der Waals surface area contributed by atoms with Crippen molar-refractivity contribution in [2.24, 2.45) is 5.92 Å². The van der Waals surface area contributed by atoms with Crippen molar-refractivity contribution in [2.75, 3.05) is 25.6 Å². The third-order valence-electron chi connectivity index (χ3n) is 5.73. The predicted octanol–water partition coefficient (Wildman–Crippen LogP) is 5.45. The van der Waals surface area contributed by atoms with Gasteiger partial charge in [-0.3, -0.25) is 4.90 Å². The Morgan fingerprint density at radius 1 is 1.07 bits per heavy atom. The van der Waals surface area contributed by atoms with Gasteiger partial charge in [0.25, 0.3) is 22.1 Å². The molecule has 0 saturated carbocycles. The Morgan fingerprint density at radius 2 is 1.79 bits per heavy atom. The number of halogens is 1. The molecule has 1 unspecified atom stereocenters. The quantitative estimate of drug-likeness (QED) is 0.635. The molecule has 2 aromatic rings. The van der Waals surface area contributed by atoms with E-state index in [0.29, 0.717) is 23.2 Å². The van der Waals surface area contributed by atoms with E-state index in [1.807, 2.05) is 42.5 Å². The minimum atomic E-state index is -1.37. The summed E-state index contributed by atoms with van der Waals surface area (Å²) in [5.41, 5.74) is 2.07. The van der Waals surface area contributed by atoms with Crippen LogP contribution in [0.25, 0.3) is 11.1 Å². The van der Waals surface area contributed by atoms with Crippen LogP contribution in [0.2, 0.25) is 0 Å². The van der Waals surface area contributed by atoms with Crippen molar-refractivity contribution in [2.45, 2.75) is 44.0 Å². The van der Waals surface area contributed by atoms with Crippen molar-refractivity contribution in [3.63, 3.8) is 0 Å². The Morgan fingerprint density at radius 3 is 2.54 bits per heavy atom. The molecule has 0 amide bonds. The van der Waals surface area contributed by atoms with Gasteiger partial charge < -0.3 is 9.47 Å². The molecule has 1 saturated heterocycles. The highest BCUT2D eigenvalue weighted by atomic mass is 32.2. The van der Waals surface area contributed by atoms with Gasteiger partial charge in [0.05, 0.1) is 6.61 Å². The van der Waals surface area contributed by atoms with Crippen molar-refractivity contribution in [3.8, 4) is 22.6 Å². The average molecular weight is 403 g/mol. The van der Waals surface area contributed by atoms with E-state index in [1.54, 1.807) is 0 Å². The van der Waals surface area contributed by atoms with E-state index >= 15 is 0 Å².